The zero-order valence-electron chi connectivity index (χ0n) is 29.9. The number of amides is 2. The highest BCUT2D eigenvalue weighted by Crippen LogP contribution is 2.39. The summed E-state index contributed by atoms with van der Waals surface area (Å²) < 4.78 is 25.7. The van der Waals surface area contributed by atoms with Gasteiger partial charge in [-0.15, -0.1) is 0 Å². The number of nitrogens with zero attached hydrogens (tertiary/aromatic N) is 6. The predicted octanol–water partition coefficient (Wildman–Crippen LogP) is 7.29. The van der Waals surface area contributed by atoms with Gasteiger partial charge in [-0.2, -0.15) is 0 Å². The van der Waals surface area contributed by atoms with E-state index in [0.29, 0.717) is 60.9 Å². The molecule has 3 aromatic heterocycles. The van der Waals surface area contributed by atoms with Crippen molar-refractivity contribution < 1.29 is 18.7 Å². The minimum atomic E-state index is -1.09. The number of likely N-dealkylation sites (tertiary alicyclic amines) is 2. The molecule has 9 rings (SSSR count). The Morgan fingerprint density at radius 3 is 2.23 bits per heavy atom. The summed E-state index contributed by atoms with van der Waals surface area (Å²) in [6.45, 7) is 3.28. The van der Waals surface area contributed by atoms with Crippen molar-refractivity contribution in [3.8, 4) is 17.3 Å². The van der Waals surface area contributed by atoms with Crippen molar-refractivity contribution in [2.45, 2.75) is 44.9 Å². The average molecular weight is 711 g/mol. The van der Waals surface area contributed by atoms with Crippen LogP contribution in [0, 0.1) is 17.8 Å². The summed E-state index contributed by atoms with van der Waals surface area (Å²) in [4.78, 5) is 41.0. The Morgan fingerprint density at radius 1 is 0.774 bits per heavy atom. The Kier molecular flexibility index (Phi) is 8.68. The lowest BCUT2D eigenvalue weighted by Gasteiger charge is -2.39. The van der Waals surface area contributed by atoms with E-state index in [4.69, 9.17) is 14.7 Å². The number of imidazole rings is 1. The molecule has 3 aliphatic rings. The standard InChI is InChI=1S/C43H43FN6O3/c1-53-38-21-34(43(52)48-22-30(18-35(44)27-48)17-28-9-4-2-5-10-28)19-36-39(38)50(26-31-23-47(24-31)42(51)32-11-6-3-7-12-32)41(46-36)37-20-33-13-8-16-45-40(33)49(37)25-29-14-15-29/h2-13,16,19-21,29-31,35H,14-15,17-18,22-27H2,1H3/t30-,35-/m1/s1. The molecular weight excluding hydrogens is 668 g/mol. The van der Waals surface area contributed by atoms with E-state index in [-0.39, 0.29) is 30.2 Å². The number of fused-ring (bicyclic) bond motifs is 2. The number of rotatable bonds is 10. The maximum atomic E-state index is 15.2. The molecule has 2 aliphatic heterocycles. The molecule has 6 aromatic rings. The summed E-state index contributed by atoms with van der Waals surface area (Å²) >= 11 is 0. The van der Waals surface area contributed by atoms with Crippen LogP contribution in [0.5, 0.6) is 5.75 Å². The number of ether oxygens (including phenoxy) is 1. The maximum absolute atomic E-state index is 15.2. The minimum absolute atomic E-state index is 0.0272. The van der Waals surface area contributed by atoms with Crippen LogP contribution in [0.1, 0.15) is 45.5 Å². The van der Waals surface area contributed by atoms with Crippen molar-refractivity contribution in [2.75, 3.05) is 33.3 Å². The first kappa shape index (κ1) is 33.3. The number of piperidine rings is 1. The first-order valence-electron chi connectivity index (χ1n) is 18.8. The first-order chi connectivity index (χ1) is 25.9. The number of benzene rings is 3. The largest absolute Gasteiger partial charge is 0.494 e. The van der Waals surface area contributed by atoms with Crippen molar-refractivity contribution in [1.82, 2.24) is 28.9 Å². The van der Waals surface area contributed by atoms with Crippen LogP contribution in [0.25, 0.3) is 33.6 Å². The number of hydrogen-bond acceptors (Lipinski definition) is 5. The van der Waals surface area contributed by atoms with Crippen LogP contribution in [0.3, 0.4) is 0 Å². The predicted molar refractivity (Wildman–Crippen MR) is 203 cm³/mol. The Bertz CT molecular complexity index is 2290. The van der Waals surface area contributed by atoms with Crippen LogP contribution in [-0.2, 0) is 19.5 Å². The third-order valence-corrected chi connectivity index (χ3v) is 11.1. The van der Waals surface area contributed by atoms with Gasteiger partial charge in [0.15, 0.2) is 5.82 Å². The molecule has 1 saturated carbocycles. The molecule has 5 heterocycles. The Labute approximate surface area is 308 Å². The van der Waals surface area contributed by atoms with Gasteiger partial charge in [-0.3, -0.25) is 9.59 Å². The van der Waals surface area contributed by atoms with E-state index in [1.807, 2.05) is 71.8 Å². The molecule has 3 aromatic carbocycles. The van der Waals surface area contributed by atoms with Gasteiger partial charge in [0.25, 0.3) is 11.8 Å². The molecule has 2 atom stereocenters. The highest BCUT2D eigenvalue weighted by molar-refractivity contribution is 6.00. The number of carbonyl (C=O) groups is 2. The van der Waals surface area contributed by atoms with Gasteiger partial charge in [0, 0.05) is 61.4 Å². The van der Waals surface area contributed by atoms with Gasteiger partial charge in [0.1, 0.15) is 23.1 Å². The first-order valence-corrected chi connectivity index (χ1v) is 18.8. The minimum Gasteiger partial charge on any atom is -0.494 e. The molecule has 9 nitrogen and oxygen atoms in total. The number of halogens is 1. The van der Waals surface area contributed by atoms with Gasteiger partial charge < -0.3 is 23.7 Å². The molecule has 0 spiro atoms. The highest BCUT2D eigenvalue weighted by atomic mass is 19.1. The van der Waals surface area contributed by atoms with Crippen LogP contribution in [0.4, 0.5) is 4.39 Å². The molecule has 0 bridgehead atoms. The fraction of sp³-hybridized carbons (Fsp3) is 0.349. The monoisotopic (exact) mass is 710 g/mol. The molecular formula is C43H43FN6O3. The van der Waals surface area contributed by atoms with Crippen LogP contribution in [0.2, 0.25) is 0 Å². The van der Waals surface area contributed by atoms with Crippen molar-refractivity contribution >= 4 is 33.9 Å². The number of pyridine rings is 1. The molecule has 53 heavy (non-hydrogen) atoms. The number of alkyl halides is 1. The lowest BCUT2D eigenvalue weighted by Crippen LogP contribution is -2.51. The number of aromatic nitrogens is 4. The summed E-state index contributed by atoms with van der Waals surface area (Å²) in [6, 6.07) is 29.3. The van der Waals surface area contributed by atoms with E-state index in [1.165, 1.54) is 12.8 Å². The van der Waals surface area contributed by atoms with Crippen LogP contribution < -0.4 is 4.74 Å². The summed E-state index contributed by atoms with van der Waals surface area (Å²) in [5.41, 5.74) is 5.60. The summed E-state index contributed by atoms with van der Waals surface area (Å²) in [7, 11) is 1.62. The third-order valence-electron chi connectivity index (χ3n) is 11.1. The number of methoxy groups -OCH3 is 1. The van der Waals surface area contributed by atoms with Crippen LogP contribution in [-0.4, -0.2) is 80.2 Å². The van der Waals surface area contributed by atoms with E-state index >= 15 is 4.39 Å². The van der Waals surface area contributed by atoms with E-state index in [1.54, 1.807) is 18.1 Å². The third kappa shape index (κ3) is 6.55. The topological polar surface area (TPSA) is 85.5 Å². The second-order valence-corrected chi connectivity index (χ2v) is 15.1. The van der Waals surface area contributed by atoms with Crippen molar-refractivity contribution in [1.29, 1.82) is 0 Å². The second-order valence-electron chi connectivity index (χ2n) is 15.1. The number of carbonyl (C=O) groups excluding carboxylic acids is 2. The lowest BCUT2D eigenvalue weighted by atomic mass is 9.90. The molecule has 0 N–H and O–H groups in total. The average Bonchev–Trinajstić information content (AvgIpc) is 3.82. The quantitative estimate of drug-likeness (QED) is 0.149. The normalized spacial score (nSPS) is 19.1. The molecule has 3 fully saturated rings. The molecule has 270 valence electrons. The molecule has 2 amide bonds. The van der Waals surface area contributed by atoms with Crippen molar-refractivity contribution in [3.05, 3.63) is 114 Å². The second kappa shape index (κ2) is 13.8. The fourth-order valence-corrected chi connectivity index (χ4v) is 8.35. The summed E-state index contributed by atoms with van der Waals surface area (Å²) in [6.07, 6.45) is 4.29. The van der Waals surface area contributed by atoms with E-state index < -0.39 is 6.17 Å². The SMILES string of the molecule is COc1cc(C(=O)N2C[C@H](F)C[C@@H](Cc3ccccc3)C2)cc2nc(-c3cc4cccnc4n3CC3CC3)n(CC3CN(C(=O)c4ccccc4)C3)c12. The van der Waals surface area contributed by atoms with Gasteiger partial charge in [-0.05, 0) is 85.5 Å². The van der Waals surface area contributed by atoms with Crippen molar-refractivity contribution in [3.63, 3.8) is 0 Å². The molecule has 1 aliphatic carbocycles. The molecule has 0 unspecified atom stereocenters. The van der Waals surface area contributed by atoms with Gasteiger partial charge in [0.05, 0.1) is 24.9 Å². The van der Waals surface area contributed by atoms with Gasteiger partial charge in [-0.25, -0.2) is 14.4 Å². The molecule has 0 radical (unpaired) electrons. The van der Waals surface area contributed by atoms with Gasteiger partial charge in [0.2, 0.25) is 0 Å². The van der Waals surface area contributed by atoms with Crippen LogP contribution >= 0.6 is 0 Å². The van der Waals surface area contributed by atoms with E-state index in [2.05, 4.69) is 33.4 Å². The molecule has 2 saturated heterocycles. The molecule has 10 heteroatoms. The van der Waals surface area contributed by atoms with Gasteiger partial charge in [-0.1, -0.05) is 48.5 Å². The Balaban J connectivity index is 1.08. The fourth-order valence-electron chi connectivity index (χ4n) is 8.35. The lowest BCUT2D eigenvalue weighted by molar-refractivity contribution is 0.0471. The summed E-state index contributed by atoms with van der Waals surface area (Å²) in [5, 5.41) is 1.05. The van der Waals surface area contributed by atoms with Crippen LogP contribution in [0.15, 0.2) is 97.2 Å². The number of hydrogen-bond donors (Lipinski definition) is 0. The maximum Gasteiger partial charge on any atom is 0.254 e. The van der Waals surface area contributed by atoms with Crippen molar-refractivity contribution in [2.24, 2.45) is 17.8 Å². The zero-order valence-corrected chi connectivity index (χ0v) is 29.9. The Hall–Kier alpha value is -5.51. The summed E-state index contributed by atoms with van der Waals surface area (Å²) in [5.74, 6) is 1.95. The zero-order chi connectivity index (χ0) is 36.1. The van der Waals surface area contributed by atoms with E-state index in [0.717, 1.165) is 46.6 Å². The van der Waals surface area contributed by atoms with E-state index in [9.17, 15) is 9.59 Å². The smallest absolute Gasteiger partial charge is 0.254 e. The Morgan fingerprint density at radius 2 is 1.47 bits per heavy atom. The highest BCUT2D eigenvalue weighted by Gasteiger charge is 2.35. The van der Waals surface area contributed by atoms with Gasteiger partial charge >= 0.3 is 0 Å².